The van der Waals surface area contributed by atoms with Gasteiger partial charge in [0.05, 0.1) is 0 Å². The molecule has 1 aromatic carbocycles. The minimum absolute atomic E-state index is 0.155. The summed E-state index contributed by atoms with van der Waals surface area (Å²) in [4.78, 5) is 0. The fourth-order valence-corrected chi connectivity index (χ4v) is 2.55. The Balaban J connectivity index is 2.19. The first-order valence-electron chi connectivity index (χ1n) is 6.57. The van der Waals surface area contributed by atoms with E-state index in [9.17, 15) is 0 Å². The van der Waals surface area contributed by atoms with E-state index in [0.717, 1.165) is 24.4 Å². The van der Waals surface area contributed by atoms with Crippen molar-refractivity contribution >= 4 is 11.6 Å². The summed E-state index contributed by atoms with van der Waals surface area (Å²) >= 11 is 5.98. The van der Waals surface area contributed by atoms with Crippen LogP contribution >= 0.6 is 11.6 Å². The summed E-state index contributed by atoms with van der Waals surface area (Å²) in [5.41, 5.74) is 1.74. The molecule has 0 saturated heterocycles. The van der Waals surface area contributed by atoms with E-state index in [-0.39, 0.29) is 11.0 Å². The van der Waals surface area contributed by atoms with Crippen molar-refractivity contribution in [2.75, 3.05) is 6.54 Å². The molecule has 1 nitrogen and oxygen atoms in total. The van der Waals surface area contributed by atoms with Crippen molar-refractivity contribution in [2.24, 2.45) is 0 Å². The lowest BCUT2D eigenvalue weighted by atomic mass is 9.77. The highest BCUT2D eigenvalue weighted by Crippen LogP contribution is 2.37. The second-order valence-corrected chi connectivity index (χ2v) is 6.71. The molecule has 1 aliphatic carbocycles. The third-order valence-electron chi connectivity index (χ3n) is 3.60. The van der Waals surface area contributed by atoms with Crippen LogP contribution in [0.3, 0.4) is 0 Å². The summed E-state index contributed by atoms with van der Waals surface area (Å²) in [7, 11) is 0. The standard InChI is InChI=1S/C16H22ClN/c1-15(2,3)18-12-16(10-4-5-11-16)13-6-8-14(17)9-7-13/h4-9,18H,10-12H2,1-3H3. The van der Waals surface area contributed by atoms with Gasteiger partial charge in [0, 0.05) is 22.5 Å². The van der Waals surface area contributed by atoms with Crippen molar-refractivity contribution in [3.05, 3.63) is 47.0 Å². The van der Waals surface area contributed by atoms with Gasteiger partial charge in [-0.05, 0) is 51.3 Å². The normalized spacial score (nSPS) is 18.2. The van der Waals surface area contributed by atoms with Gasteiger partial charge in [-0.25, -0.2) is 0 Å². The molecular weight excluding hydrogens is 242 g/mol. The number of halogens is 1. The lowest BCUT2D eigenvalue weighted by molar-refractivity contribution is 0.340. The Labute approximate surface area is 115 Å². The molecule has 0 atom stereocenters. The second-order valence-electron chi connectivity index (χ2n) is 6.27. The van der Waals surface area contributed by atoms with Gasteiger partial charge < -0.3 is 5.32 Å². The first-order valence-corrected chi connectivity index (χ1v) is 6.95. The highest BCUT2D eigenvalue weighted by molar-refractivity contribution is 6.30. The topological polar surface area (TPSA) is 12.0 Å². The van der Waals surface area contributed by atoms with Gasteiger partial charge in [0.1, 0.15) is 0 Å². The van der Waals surface area contributed by atoms with E-state index in [2.05, 4.69) is 50.4 Å². The molecule has 0 amide bonds. The molecule has 0 spiro atoms. The first kappa shape index (κ1) is 13.6. The number of hydrogen-bond acceptors (Lipinski definition) is 1. The Bertz CT molecular complexity index is 417. The molecule has 0 bridgehead atoms. The number of hydrogen-bond donors (Lipinski definition) is 1. The van der Waals surface area contributed by atoms with Crippen LogP contribution in [0.25, 0.3) is 0 Å². The molecule has 1 aliphatic rings. The van der Waals surface area contributed by atoms with Crippen molar-refractivity contribution in [3.63, 3.8) is 0 Å². The molecule has 18 heavy (non-hydrogen) atoms. The molecule has 1 aromatic rings. The second kappa shape index (κ2) is 5.07. The number of allylic oxidation sites excluding steroid dienone is 2. The Morgan fingerprint density at radius 1 is 1.11 bits per heavy atom. The van der Waals surface area contributed by atoms with E-state index < -0.39 is 0 Å². The van der Waals surface area contributed by atoms with Crippen LogP contribution in [0.5, 0.6) is 0 Å². The molecule has 1 N–H and O–H groups in total. The lowest BCUT2D eigenvalue weighted by Gasteiger charge is -2.34. The summed E-state index contributed by atoms with van der Waals surface area (Å²) in [5.74, 6) is 0. The van der Waals surface area contributed by atoms with Gasteiger partial charge in [0.25, 0.3) is 0 Å². The molecule has 0 aliphatic heterocycles. The Morgan fingerprint density at radius 2 is 1.67 bits per heavy atom. The SMILES string of the molecule is CC(C)(C)NCC1(c2ccc(Cl)cc2)CC=CC1. The summed E-state index contributed by atoms with van der Waals surface area (Å²) in [6, 6.07) is 8.32. The highest BCUT2D eigenvalue weighted by Gasteiger charge is 2.33. The van der Waals surface area contributed by atoms with Gasteiger partial charge >= 0.3 is 0 Å². The largest absolute Gasteiger partial charge is 0.311 e. The van der Waals surface area contributed by atoms with E-state index in [1.54, 1.807) is 0 Å². The van der Waals surface area contributed by atoms with Crippen molar-refractivity contribution in [3.8, 4) is 0 Å². The molecule has 0 radical (unpaired) electrons. The lowest BCUT2D eigenvalue weighted by Crippen LogP contribution is -2.45. The average molecular weight is 264 g/mol. The minimum atomic E-state index is 0.155. The van der Waals surface area contributed by atoms with Crippen molar-refractivity contribution in [2.45, 2.75) is 44.6 Å². The van der Waals surface area contributed by atoms with Gasteiger partial charge in [-0.3, -0.25) is 0 Å². The zero-order valence-corrected chi connectivity index (χ0v) is 12.2. The molecule has 0 saturated carbocycles. The Morgan fingerprint density at radius 3 is 2.17 bits per heavy atom. The molecule has 98 valence electrons. The van der Waals surface area contributed by atoms with Crippen LogP contribution in [0.4, 0.5) is 0 Å². The van der Waals surface area contributed by atoms with Crippen LogP contribution in [0.15, 0.2) is 36.4 Å². The maximum Gasteiger partial charge on any atom is 0.0406 e. The molecular formula is C16H22ClN. The van der Waals surface area contributed by atoms with E-state index in [1.807, 2.05) is 12.1 Å². The molecule has 0 fully saturated rings. The summed E-state index contributed by atoms with van der Waals surface area (Å²) in [6.07, 6.45) is 6.80. The number of benzene rings is 1. The van der Waals surface area contributed by atoms with Crippen LogP contribution < -0.4 is 5.32 Å². The third kappa shape index (κ3) is 3.15. The third-order valence-corrected chi connectivity index (χ3v) is 3.85. The first-order chi connectivity index (χ1) is 8.41. The smallest absolute Gasteiger partial charge is 0.0406 e. The van der Waals surface area contributed by atoms with Crippen molar-refractivity contribution < 1.29 is 0 Å². The van der Waals surface area contributed by atoms with E-state index in [4.69, 9.17) is 11.6 Å². The molecule has 2 rings (SSSR count). The molecule has 0 heterocycles. The van der Waals surface area contributed by atoms with Gasteiger partial charge in [0.15, 0.2) is 0 Å². The van der Waals surface area contributed by atoms with Crippen LogP contribution in [0, 0.1) is 0 Å². The predicted octanol–water partition coefficient (Wildman–Crippen LogP) is 4.32. The van der Waals surface area contributed by atoms with E-state index in [1.165, 1.54) is 5.56 Å². The number of nitrogens with one attached hydrogen (secondary N) is 1. The molecule has 0 aromatic heterocycles. The molecule has 0 unspecified atom stereocenters. The summed E-state index contributed by atoms with van der Waals surface area (Å²) < 4.78 is 0. The number of rotatable bonds is 3. The maximum absolute atomic E-state index is 5.98. The van der Waals surface area contributed by atoms with Crippen LogP contribution in [0.2, 0.25) is 5.02 Å². The fourth-order valence-electron chi connectivity index (χ4n) is 2.42. The maximum atomic E-state index is 5.98. The predicted molar refractivity (Wildman–Crippen MR) is 79.3 cm³/mol. The zero-order valence-electron chi connectivity index (χ0n) is 11.5. The van der Waals surface area contributed by atoms with Crippen LogP contribution in [-0.2, 0) is 5.41 Å². The monoisotopic (exact) mass is 263 g/mol. The Hall–Kier alpha value is -0.790. The van der Waals surface area contributed by atoms with Crippen molar-refractivity contribution in [1.29, 1.82) is 0 Å². The molecule has 2 heteroatoms. The van der Waals surface area contributed by atoms with Gasteiger partial charge in [0.2, 0.25) is 0 Å². The fraction of sp³-hybridized carbons (Fsp3) is 0.500. The minimum Gasteiger partial charge on any atom is -0.311 e. The van der Waals surface area contributed by atoms with Crippen molar-refractivity contribution in [1.82, 2.24) is 5.32 Å². The van der Waals surface area contributed by atoms with Gasteiger partial charge in [-0.15, -0.1) is 0 Å². The Kier molecular flexibility index (Phi) is 3.84. The quantitative estimate of drug-likeness (QED) is 0.801. The summed E-state index contributed by atoms with van der Waals surface area (Å²) in [6.45, 7) is 7.64. The average Bonchev–Trinajstić information content (AvgIpc) is 2.76. The van der Waals surface area contributed by atoms with E-state index in [0.29, 0.717) is 0 Å². The van der Waals surface area contributed by atoms with Crippen LogP contribution in [0.1, 0.15) is 39.2 Å². The zero-order chi connectivity index (χ0) is 13.2. The summed E-state index contributed by atoms with van der Waals surface area (Å²) in [5, 5.41) is 4.45. The van der Waals surface area contributed by atoms with Gasteiger partial charge in [-0.1, -0.05) is 35.9 Å². The van der Waals surface area contributed by atoms with Gasteiger partial charge in [-0.2, -0.15) is 0 Å². The highest BCUT2D eigenvalue weighted by atomic mass is 35.5. The van der Waals surface area contributed by atoms with Crippen LogP contribution in [-0.4, -0.2) is 12.1 Å². The van der Waals surface area contributed by atoms with E-state index >= 15 is 0 Å².